The summed E-state index contributed by atoms with van der Waals surface area (Å²) in [6, 6.07) is -1.42. The van der Waals surface area contributed by atoms with Crippen molar-refractivity contribution in [3.05, 3.63) is 27.0 Å². The highest BCUT2D eigenvalue weighted by Crippen LogP contribution is 2.21. The first-order valence-electron chi connectivity index (χ1n) is 7.48. The number of likely N-dealkylation sites (tertiary alicyclic amines) is 1. The molecule has 2 heterocycles. The average Bonchev–Trinajstić information content (AvgIpc) is 2.51. The minimum atomic E-state index is -4.61. The van der Waals surface area contributed by atoms with Gasteiger partial charge in [0.2, 0.25) is 15.9 Å². The predicted molar refractivity (Wildman–Crippen MR) is 82.9 cm³/mol. The molecule has 0 saturated carbocycles. The molecule has 1 unspecified atom stereocenters. The third-order valence-corrected chi connectivity index (χ3v) is 5.36. The number of nitrogens with zero attached hydrogens (tertiary/aromatic N) is 3. The highest BCUT2D eigenvalue weighted by atomic mass is 32.2. The van der Waals surface area contributed by atoms with Crippen LogP contribution < -0.4 is 16.0 Å². The van der Waals surface area contributed by atoms with Gasteiger partial charge in [-0.15, -0.1) is 0 Å². The van der Waals surface area contributed by atoms with Crippen LogP contribution in [0.1, 0.15) is 12.8 Å². The first kappa shape index (κ1) is 20.2. The van der Waals surface area contributed by atoms with E-state index in [1.165, 1.54) is 7.05 Å². The van der Waals surface area contributed by atoms with Crippen molar-refractivity contribution in [2.75, 3.05) is 13.1 Å². The molecular weight excluding hydrogens is 381 g/mol. The summed E-state index contributed by atoms with van der Waals surface area (Å²) in [7, 11) is -2.21. The van der Waals surface area contributed by atoms with Crippen LogP contribution in [-0.4, -0.2) is 53.7 Å². The molecule has 1 aliphatic rings. The largest absolute Gasteiger partial charge is 0.406 e. The minimum Gasteiger partial charge on any atom is -0.332 e. The Morgan fingerprint density at radius 1 is 1.23 bits per heavy atom. The molecule has 1 aromatic heterocycles. The van der Waals surface area contributed by atoms with Crippen molar-refractivity contribution in [3.8, 4) is 0 Å². The fraction of sp³-hybridized carbons (Fsp3) is 0.615. The lowest BCUT2D eigenvalue weighted by Gasteiger charge is -2.32. The molecule has 0 spiro atoms. The molecular formula is C13H17F3N4O5S. The smallest absolute Gasteiger partial charge is 0.332 e. The molecule has 0 radical (unpaired) electrons. The second kappa shape index (κ2) is 6.87. The van der Waals surface area contributed by atoms with Crippen molar-refractivity contribution < 1.29 is 26.4 Å². The number of rotatable bonds is 4. The van der Waals surface area contributed by atoms with Crippen LogP contribution in [0.25, 0.3) is 0 Å². The number of aromatic nitrogens is 2. The van der Waals surface area contributed by atoms with Crippen LogP contribution in [0, 0.1) is 0 Å². The molecule has 1 N–H and O–H groups in total. The molecule has 0 aromatic carbocycles. The zero-order valence-corrected chi connectivity index (χ0v) is 14.7. The third-order valence-electron chi connectivity index (χ3n) is 3.90. The number of carbonyl (C=O) groups excluding carboxylic acids is 1. The molecule has 1 aliphatic heterocycles. The van der Waals surface area contributed by atoms with E-state index in [2.05, 4.69) is 0 Å². The lowest BCUT2D eigenvalue weighted by molar-refractivity contribution is -0.164. The van der Waals surface area contributed by atoms with E-state index < -0.39 is 50.8 Å². The van der Waals surface area contributed by atoms with E-state index in [0.29, 0.717) is 9.47 Å². The molecule has 13 heteroatoms. The summed E-state index contributed by atoms with van der Waals surface area (Å²) in [5, 5.41) is 0. The van der Waals surface area contributed by atoms with Crippen LogP contribution in [0.4, 0.5) is 13.2 Å². The summed E-state index contributed by atoms with van der Waals surface area (Å²) < 4.78 is 65.8. The van der Waals surface area contributed by atoms with Crippen LogP contribution in [0.2, 0.25) is 0 Å². The molecule has 26 heavy (non-hydrogen) atoms. The first-order chi connectivity index (χ1) is 11.8. The number of hydrogen-bond donors (Lipinski definition) is 1. The van der Waals surface area contributed by atoms with Gasteiger partial charge in [0.05, 0.1) is 0 Å². The van der Waals surface area contributed by atoms with Gasteiger partial charge in [-0.3, -0.25) is 14.2 Å². The fourth-order valence-electron chi connectivity index (χ4n) is 2.63. The second-order valence-electron chi connectivity index (χ2n) is 5.94. The highest BCUT2D eigenvalue weighted by Gasteiger charge is 2.39. The van der Waals surface area contributed by atoms with Crippen LogP contribution >= 0.6 is 0 Å². The van der Waals surface area contributed by atoms with Gasteiger partial charge in [0, 0.05) is 26.8 Å². The van der Waals surface area contributed by atoms with Gasteiger partial charge in [0.15, 0.2) is 4.90 Å². The predicted octanol–water partition coefficient (Wildman–Crippen LogP) is -1.08. The van der Waals surface area contributed by atoms with E-state index in [-0.39, 0.29) is 19.4 Å². The molecule has 1 atom stereocenters. The molecule has 1 aromatic rings. The van der Waals surface area contributed by atoms with Crippen molar-refractivity contribution >= 4 is 15.9 Å². The Kier molecular flexibility index (Phi) is 5.33. The molecule has 9 nitrogen and oxygen atoms in total. The summed E-state index contributed by atoms with van der Waals surface area (Å²) in [5.41, 5.74) is -1.85. The van der Waals surface area contributed by atoms with Gasteiger partial charge >= 0.3 is 11.9 Å². The Hall–Kier alpha value is -2.15. The van der Waals surface area contributed by atoms with E-state index in [1.54, 1.807) is 0 Å². The fourth-order valence-corrected chi connectivity index (χ4v) is 4.02. The van der Waals surface area contributed by atoms with Crippen molar-refractivity contribution in [1.82, 2.24) is 18.8 Å². The first-order valence-corrected chi connectivity index (χ1v) is 8.96. The monoisotopic (exact) mass is 398 g/mol. The number of amides is 1. The van der Waals surface area contributed by atoms with Gasteiger partial charge in [-0.2, -0.15) is 17.9 Å². The average molecular weight is 398 g/mol. The Labute approximate surface area is 146 Å². The standard InChI is InChI=1S/C13H17F3N4O5S/c1-18-6-9(11(22)19(2)12(18)23)26(24,25)17-8-4-3-5-20(10(8)21)7-13(14,15)16/h6,8,17H,3-5,7H2,1-2H3. The van der Waals surface area contributed by atoms with E-state index in [4.69, 9.17) is 0 Å². The van der Waals surface area contributed by atoms with Gasteiger partial charge in [-0.1, -0.05) is 0 Å². The number of hydrogen-bond acceptors (Lipinski definition) is 5. The maximum absolute atomic E-state index is 12.5. The number of alkyl halides is 3. The van der Waals surface area contributed by atoms with Gasteiger partial charge in [-0.05, 0) is 12.8 Å². The summed E-state index contributed by atoms with van der Waals surface area (Å²) >= 11 is 0. The van der Waals surface area contributed by atoms with E-state index in [0.717, 1.165) is 17.8 Å². The van der Waals surface area contributed by atoms with E-state index >= 15 is 0 Å². The summed E-state index contributed by atoms with van der Waals surface area (Å²) in [5.74, 6) is -1.02. The Bertz CT molecular complexity index is 935. The Balaban J connectivity index is 2.31. The molecule has 0 aliphatic carbocycles. The molecule has 1 amide bonds. The van der Waals surface area contributed by atoms with Crippen LogP contribution in [0.15, 0.2) is 20.7 Å². The molecule has 0 bridgehead atoms. The lowest BCUT2D eigenvalue weighted by atomic mass is 10.1. The summed E-state index contributed by atoms with van der Waals surface area (Å²) in [4.78, 5) is 35.6. The van der Waals surface area contributed by atoms with E-state index in [9.17, 15) is 36.0 Å². The van der Waals surface area contributed by atoms with Gasteiger partial charge in [0.1, 0.15) is 12.6 Å². The number of carbonyl (C=O) groups is 1. The van der Waals surface area contributed by atoms with Crippen LogP contribution in [-0.2, 0) is 28.9 Å². The Morgan fingerprint density at radius 3 is 2.42 bits per heavy atom. The van der Waals surface area contributed by atoms with Gasteiger partial charge < -0.3 is 9.47 Å². The maximum atomic E-state index is 12.5. The number of halogens is 3. The number of aryl methyl sites for hydroxylation is 1. The van der Waals surface area contributed by atoms with Crippen molar-refractivity contribution in [2.24, 2.45) is 14.1 Å². The second-order valence-corrected chi connectivity index (χ2v) is 7.62. The van der Waals surface area contributed by atoms with Crippen LogP contribution in [0.5, 0.6) is 0 Å². The van der Waals surface area contributed by atoms with Gasteiger partial charge in [-0.25, -0.2) is 13.2 Å². The van der Waals surface area contributed by atoms with Crippen LogP contribution in [0.3, 0.4) is 0 Å². The highest BCUT2D eigenvalue weighted by molar-refractivity contribution is 7.89. The molecule has 146 valence electrons. The number of piperidine rings is 1. The normalized spacial score (nSPS) is 19.0. The van der Waals surface area contributed by atoms with Crippen molar-refractivity contribution in [3.63, 3.8) is 0 Å². The zero-order valence-electron chi connectivity index (χ0n) is 13.9. The minimum absolute atomic E-state index is 0.00149. The molecule has 1 fully saturated rings. The lowest BCUT2D eigenvalue weighted by Crippen LogP contribution is -2.54. The topological polar surface area (TPSA) is 110 Å². The third kappa shape index (κ3) is 4.15. The molecule has 1 saturated heterocycles. The van der Waals surface area contributed by atoms with Crippen molar-refractivity contribution in [1.29, 1.82) is 0 Å². The zero-order chi connectivity index (χ0) is 19.9. The number of sulfonamides is 1. The SMILES string of the molecule is Cn1cc(S(=O)(=O)NC2CCCN(CC(F)(F)F)C2=O)c(=O)n(C)c1=O. The quantitative estimate of drug-likeness (QED) is 0.694. The number of nitrogens with one attached hydrogen (secondary N) is 1. The summed E-state index contributed by atoms with van der Waals surface area (Å²) in [6.07, 6.45) is -3.64. The Morgan fingerprint density at radius 2 is 1.85 bits per heavy atom. The molecule has 2 rings (SSSR count). The van der Waals surface area contributed by atoms with Gasteiger partial charge in [0.25, 0.3) is 5.56 Å². The van der Waals surface area contributed by atoms with E-state index in [1.807, 2.05) is 4.72 Å². The maximum Gasteiger partial charge on any atom is 0.406 e. The summed E-state index contributed by atoms with van der Waals surface area (Å²) in [6.45, 7) is -1.62. The van der Waals surface area contributed by atoms with Crippen molar-refractivity contribution in [2.45, 2.75) is 30.0 Å².